The number of amides is 1. The van der Waals surface area contributed by atoms with E-state index in [4.69, 9.17) is 23.2 Å². The molecule has 0 bridgehead atoms. The predicted octanol–water partition coefficient (Wildman–Crippen LogP) is 5.19. The van der Waals surface area contributed by atoms with Crippen LogP contribution in [0.3, 0.4) is 0 Å². The van der Waals surface area contributed by atoms with Gasteiger partial charge in [-0.3, -0.25) is 9.52 Å². The first-order chi connectivity index (χ1) is 13.3. The van der Waals surface area contributed by atoms with E-state index in [1.807, 2.05) is 0 Å². The second-order valence-corrected chi connectivity index (χ2v) is 8.21. The first kappa shape index (κ1) is 20.1. The van der Waals surface area contributed by atoms with E-state index >= 15 is 0 Å². The number of carbonyl (C=O) groups excluding carboxylic acids is 1. The molecule has 0 fully saturated rings. The van der Waals surface area contributed by atoms with Crippen molar-refractivity contribution in [2.75, 3.05) is 10.0 Å². The Morgan fingerprint density at radius 3 is 2.21 bits per heavy atom. The fourth-order valence-electron chi connectivity index (χ4n) is 2.31. The highest BCUT2D eigenvalue weighted by molar-refractivity contribution is 7.92. The molecule has 1 amide bonds. The maximum absolute atomic E-state index is 14.4. The van der Waals surface area contributed by atoms with Gasteiger partial charge in [-0.1, -0.05) is 35.3 Å². The van der Waals surface area contributed by atoms with Gasteiger partial charge in [-0.25, -0.2) is 12.8 Å². The molecule has 144 valence electrons. The number of benzene rings is 3. The quantitative estimate of drug-likeness (QED) is 0.575. The van der Waals surface area contributed by atoms with Crippen LogP contribution in [0.15, 0.2) is 71.6 Å². The molecule has 3 rings (SSSR count). The van der Waals surface area contributed by atoms with Gasteiger partial charge in [-0.05, 0) is 54.6 Å². The number of hydrogen-bond donors (Lipinski definition) is 2. The van der Waals surface area contributed by atoms with E-state index in [-0.39, 0.29) is 26.9 Å². The fourth-order valence-corrected chi connectivity index (χ4v) is 3.76. The SMILES string of the molecule is O=C(Nc1ccc(S(=O)(=O)Nc2ccccc2Cl)cc1F)c1ccc(Cl)cc1. The van der Waals surface area contributed by atoms with E-state index in [2.05, 4.69) is 10.0 Å². The maximum Gasteiger partial charge on any atom is 0.262 e. The summed E-state index contributed by atoms with van der Waals surface area (Å²) < 4.78 is 41.6. The van der Waals surface area contributed by atoms with Crippen LogP contribution in [0.4, 0.5) is 15.8 Å². The third-order valence-electron chi connectivity index (χ3n) is 3.72. The lowest BCUT2D eigenvalue weighted by molar-refractivity contribution is 0.102. The molecule has 3 aromatic carbocycles. The van der Waals surface area contributed by atoms with Crippen LogP contribution in [0.25, 0.3) is 0 Å². The Hall–Kier alpha value is -2.61. The Bertz CT molecular complexity index is 1140. The van der Waals surface area contributed by atoms with Crippen LogP contribution in [0.1, 0.15) is 10.4 Å². The van der Waals surface area contributed by atoms with Gasteiger partial charge in [0.25, 0.3) is 15.9 Å². The minimum atomic E-state index is -4.06. The lowest BCUT2D eigenvalue weighted by Crippen LogP contribution is -2.15. The van der Waals surface area contributed by atoms with Crippen molar-refractivity contribution < 1.29 is 17.6 Å². The van der Waals surface area contributed by atoms with Crippen molar-refractivity contribution in [1.82, 2.24) is 0 Å². The van der Waals surface area contributed by atoms with Gasteiger partial charge in [0.1, 0.15) is 5.82 Å². The summed E-state index contributed by atoms with van der Waals surface area (Å²) in [5.74, 6) is -1.45. The number of rotatable bonds is 5. The molecule has 9 heteroatoms. The first-order valence-electron chi connectivity index (χ1n) is 7.90. The third-order valence-corrected chi connectivity index (χ3v) is 5.67. The summed E-state index contributed by atoms with van der Waals surface area (Å²) in [5, 5.41) is 3.06. The number of hydrogen-bond acceptors (Lipinski definition) is 3. The Kier molecular flexibility index (Phi) is 5.88. The van der Waals surface area contributed by atoms with Crippen molar-refractivity contribution in [2.45, 2.75) is 4.90 Å². The molecule has 28 heavy (non-hydrogen) atoms. The lowest BCUT2D eigenvalue weighted by Gasteiger charge is -2.11. The molecule has 0 aliphatic rings. The second-order valence-electron chi connectivity index (χ2n) is 5.69. The monoisotopic (exact) mass is 438 g/mol. The van der Waals surface area contributed by atoms with Crippen LogP contribution in [-0.4, -0.2) is 14.3 Å². The molecule has 0 aromatic heterocycles. The molecule has 0 aliphatic carbocycles. The molecule has 0 saturated carbocycles. The van der Waals surface area contributed by atoms with Gasteiger partial charge in [-0.15, -0.1) is 0 Å². The van der Waals surface area contributed by atoms with Crippen LogP contribution in [0.2, 0.25) is 10.0 Å². The van der Waals surface area contributed by atoms with Crippen LogP contribution < -0.4 is 10.0 Å². The van der Waals surface area contributed by atoms with Crippen LogP contribution in [0, 0.1) is 5.82 Å². The predicted molar refractivity (Wildman–Crippen MR) is 108 cm³/mol. The van der Waals surface area contributed by atoms with Gasteiger partial charge in [0.15, 0.2) is 0 Å². The highest BCUT2D eigenvalue weighted by atomic mass is 35.5. The van der Waals surface area contributed by atoms with E-state index in [1.165, 1.54) is 48.5 Å². The van der Waals surface area contributed by atoms with Crippen LogP contribution >= 0.6 is 23.2 Å². The van der Waals surface area contributed by atoms with E-state index < -0.39 is 21.7 Å². The number of halogens is 3. The number of sulfonamides is 1. The molecule has 0 heterocycles. The zero-order valence-electron chi connectivity index (χ0n) is 14.1. The topological polar surface area (TPSA) is 75.3 Å². The molecule has 0 unspecified atom stereocenters. The normalized spacial score (nSPS) is 11.1. The van der Waals surface area contributed by atoms with E-state index in [0.29, 0.717) is 5.02 Å². The minimum absolute atomic E-state index is 0.156. The Morgan fingerprint density at radius 2 is 1.57 bits per heavy atom. The zero-order chi connectivity index (χ0) is 20.3. The van der Waals surface area contributed by atoms with Gasteiger partial charge >= 0.3 is 0 Å². The van der Waals surface area contributed by atoms with Gasteiger partial charge in [0.05, 0.1) is 21.3 Å². The van der Waals surface area contributed by atoms with E-state index in [1.54, 1.807) is 12.1 Å². The van der Waals surface area contributed by atoms with Crippen molar-refractivity contribution in [3.05, 3.63) is 88.2 Å². The smallest absolute Gasteiger partial charge is 0.262 e. The molecule has 5 nitrogen and oxygen atoms in total. The van der Waals surface area contributed by atoms with Gasteiger partial charge in [-0.2, -0.15) is 0 Å². The average Bonchev–Trinajstić information content (AvgIpc) is 2.65. The molecular formula is C19H13Cl2FN2O3S. The van der Waals surface area contributed by atoms with Crippen molar-refractivity contribution in [1.29, 1.82) is 0 Å². The molecule has 0 aliphatic heterocycles. The molecule has 0 radical (unpaired) electrons. The summed E-state index contributed by atoms with van der Waals surface area (Å²) in [6.07, 6.45) is 0. The Morgan fingerprint density at radius 1 is 0.893 bits per heavy atom. The molecular weight excluding hydrogens is 426 g/mol. The molecule has 3 aromatic rings. The Labute approximate surface area is 171 Å². The summed E-state index contributed by atoms with van der Waals surface area (Å²) in [6.45, 7) is 0. The largest absolute Gasteiger partial charge is 0.319 e. The van der Waals surface area contributed by atoms with E-state index in [9.17, 15) is 17.6 Å². The van der Waals surface area contributed by atoms with Crippen LogP contribution in [-0.2, 0) is 10.0 Å². The fraction of sp³-hybridized carbons (Fsp3) is 0. The number of nitrogens with one attached hydrogen (secondary N) is 2. The summed E-state index contributed by atoms with van der Waals surface area (Å²) in [4.78, 5) is 11.9. The molecule has 2 N–H and O–H groups in total. The minimum Gasteiger partial charge on any atom is -0.319 e. The summed E-state index contributed by atoms with van der Waals surface area (Å²) in [5.41, 5.74) is 0.294. The van der Waals surface area contributed by atoms with Gasteiger partial charge < -0.3 is 5.32 Å². The van der Waals surface area contributed by atoms with E-state index in [0.717, 1.165) is 6.07 Å². The second kappa shape index (κ2) is 8.18. The first-order valence-corrected chi connectivity index (χ1v) is 10.1. The molecule has 0 spiro atoms. The highest BCUT2D eigenvalue weighted by Crippen LogP contribution is 2.26. The van der Waals surface area contributed by atoms with Crippen molar-refractivity contribution >= 4 is 50.5 Å². The average molecular weight is 439 g/mol. The van der Waals surface area contributed by atoms with Gasteiger partial charge in [0.2, 0.25) is 0 Å². The van der Waals surface area contributed by atoms with Crippen molar-refractivity contribution in [3.8, 4) is 0 Å². The molecule has 0 saturated heterocycles. The third kappa shape index (κ3) is 4.62. The number of anilines is 2. The van der Waals surface area contributed by atoms with Crippen LogP contribution in [0.5, 0.6) is 0 Å². The summed E-state index contributed by atoms with van der Waals surface area (Å²) in [6, 6.07) is 15.5. The summed E-state index contributed by atoms with van der Waals surface area (Å²) in [7, 11) is -4.06. The lowest BCUT2D eigenvalue weighted by atomic mass is 10.2. The maximum atomic E-state index is 14.4. The standard InChI is InChI=1S/C19H13Cl2FN2O3S/c20-13-7-5-12(6-8-13)19(25)23-18-10-9-14(11-16(18)22)28(26,27)24-17-4-2-1-3-15(17)21/h1-11,24H,(H,23,25). The van der Waals surface area contributed by atoms with Crippen molar-refractivity contribution in [3.63, 3.8) is 0 Å². The zero-order valence-corrected chi connectivity index (χ0v) is 16.4. The highest BCUT2D eigenvalue weighted by Gasteiger charge is 2.18. The Balaban J connectivity index is 1.80. The number of carbonyl (C=O) groups is 1. The summed E-state index contributed by atoms with van der Waals surface area (Å²) >= 11 is 11.7. The number of para-hydroxylation sites is 1. The molecule has 0 atom stereocenters. The van der Waals surface area contributed by atoms with Gasteiger partial charge in [0, 0.05) is 10.6 Å². The van der Waals surface area contributed by atoms with Crippen molar-refractivity contribution in [2.24, 2.45) is 0 Å².